The topological polar surface area (TPSA) is 80.4 Å². The van der Waals surface area contributed by atoms with Gasteiger partial charge in [0.15, 0.2) is 0 Å². The van der Waals surface area contributed by atoms with Crippen LogP contribution >= 0.6 is 0 Å². The second-order valence-corrected chi connectivity index (χ2v) is 5.06. The molecular weight excluding hydrogens is 210 g/mol. The summed E-state index contributed by atoms with van der Waals surface area (Å²) in [5.41, 5.74) is -2.13. The molecule has 0 aromatic heterocycles. The van der Waals surface area contributed by atoms with E-state index in [1.54, 1.807) is 13.8 Å². The third-order valence-corrected chi connectivity index (χ3v) is 3.97. The van der Waals surface area contributed by atoms with Gasteiger partial charge in [0.2, 0.25) is 5.54 Å². The van der Waals surface area contributed by atoms with Gasteiger partial charge in [0.25, 0.3) is 0 Å². The zero-order valence-corrected chi connectivity index (χ0v) is 10.0. The van der Waals surface area contributed by atoms with Crippen LogP contribution in [0.25, 0.3) is 0 Å². The molecule has 0 spiro atoms. The van der Waals surface area contributed by atoms with E-state index in [4.69, 9.17) is 0 Å². The lowest BCUT2D eigenvalue weighted by Crippen LogP contribution is -2.53. The number of aliphatic hydroxyl groups is 1. The highest BCUT2D eigenvalue weighted by Gasteiger charge is 2.53. The van der Waals surface area contributed by atoms with Crippen molar-refractivity contribution in [3.05, 3.63) is 10.1 Å². The molecule has 16 heavy (non-hydrogen) atoms. The Morgan fingerprint density at radius 3 is 2.50 bits per heavy atom. The first kappa shape index (κ1) is 13.1. The largest absolute Gasteiger partial charge is 0.389 e. The monoisotopic (exact) mass is 229 g/mol. The summed E-state index contributed by atoms with van der Waals surface area (Å²) in [6.45, 7) is 4.75. The van der Waals surface area contributed by atoms with E-state index in [2.05, 4.69) is 0 Å². The highest BCUT2D eigenvalue weighted by Crippen LogP contribution is 2.42. The van der Waals surface area contributed by atoms with Gasteiger partial charge in [-0.15, -0.1) is 0 Å². The Morgan fingerprint density at radius 2 is 2.12 bits per heavy atom. The summed E-state index contributed by atoms with van der Waals surface area (Å²) < 4.78 is 0. The Morgan fingerprint density at radius 1 is 1.56 bits per heavy atom. The fraction of sp³-hybridized carbons (Fsp3) is 0.909. The summed E-state index contributed by atoms with van der Waals surface area (Å²) in [4.78, 5) is 22.3. The Labute approximate surface area is 95.0 Å². The van der Waals surface area contributed by atoms with Crippen LogP contribution in [0.15, 0.2) is 0 Å². The van der Waals surface area contributed by atoms with Crippen LogP contribution in [0.3, 0.4) is 0 Å². The minimum atomic E-state index is -1.10. The van der Waals surface area contributed by atoms with Crippen LogP contribution in [0.5, 0.6) is 0 Å². The predicted octanol–water partition coefficient (Wildman–Crippen LogP) is 1.55. The van der Waals surface area contributed by atoms with Crippen LogP contribution in [0.1, 0.15) is 46.5 Å². The highest BCUT2D eigenvalue weighted by molar-refractivity contribution is 5.79. The number of nitrogens with zero attached hydrogens (tertiary/aromatic N) is 1. The quantitative estimate of drug-likeness (QED) is 0.588. The fourth-order valence-corrected chi connectivity index (χ4v) is 2.56. The predicted molar refractivity (Wildman–Crippen MR) is 58.7 cm³/mol. The molecular formula is C11H19NO4. The number of carbonyl (C=O) groups excluding carboxylic acids is 1. The molecule has 0 radical (unpaired) electrons. The molecule has 1 N–H and O–H groups in total. The van der Waals surface area contributed by atoms with Crippen molar-refractivity contribution in [3.63, 3.8) is 0 Å². The van der Waals surface area contributed by atoms with Crippen molar-refractivity contribution in [3.8, 4) is 0 Å². The molecule has 0 aromatic carbocycles. The zero-order valence-electron chi connectivity index (χ0n) is 10.0. The molecule has 1 rings (SSSR count). The molecule has 0 unspecified atom stereocenters. The lowest BCUT2D eigenvalue weighted by atomic mass is 9.66. The summed E-state index contributed by atoms with van der Waals surface area (Å²) >= 11 is 0. The molecule has 0 amide bonds. The summed E-state index contributed by atoms with van der Waals surface area (Å²) in [6, 6.07) is 0. The van der Waals surface area contributed by atoms with Crippen molar-refractivity contribution in [1.82, 2.24) is 0 Å². The van der Waals surface area contributed by atoms with E-state index in [0.717, 1.165) is 0 Å². The molecule has 5 nitrogen and oxygen atoms in total. The van der Waals surface area contributed by atoms with Gasteiger partial charge in [-0.25, -0.2) is 0 Å². The lowest BCUT2D eigenvalue weighted by Gasteiger charge is -2.41. The van der Waals surface area contributed by atoms with Crippen LogP contribution in [0.4, 0.5) is 0 Å². The van der Waals surface area contributed by atoms with Gasteiger partial charge < -0.3 is 5.11 Å². The van der Waals surface area contributed by atoms with Crippen molar-refractivity contribution < 1.29 is 14.8 Å². The van der Waals surface area contributed by atoms with E-state index >= 15 is 0 Å². The summed E-state index contributed by atoms with van der Waals surface area (Å²) in [7, 11) is 0. The number of rotatable bonds is 3. The van der Waals surface area contributed by atoms with E-state index < -0.39 is 17.1 Å². The van der Waals surface area contributed by atoms with Gasteiger partial charge in [-0.1, -0.05) is 6.92 Å². The maximum absolute atomic E-state index is 11.5. The van der Waals surface area contributed by atoms with Crippen LogP contribution in [-0.2, 0) is 4.79 Å². The van der Waals surface area contributed by atoms with Crippen molar-refractivity contribution in [2.24, 2.45) is 5.92 Å². The second kappa shape index (κ2) is 4.13. The highest BCUT2D eigenvalue weighted by atomic mass is 16.6. The van der Waals surface area contributed by atoms with Gasteiger partial charge in [0.05, 0.1) is 11.5 Å². The first-order chi connectivity index (χ1) is 7.25. The minimum absolute atomic E-state index is 0.152. The third kappa shape index (κ3) is 2.09. The van der Waals surface area contributed by atoms with E-state index in [-0.39, 0.29) is 17.1 Å². The number of Topliss-reactive ketones (excluding diaryl/α,β-unsaturated/α-hetero) is 1. The number of nitro groups is 1. The Kier molecular flexibility index (Phi) is 3.38. The normalized spacial score (nSPS) is 39.4. The van der Waals surface area contributed by atoms with Gasteiger partial charge in [-0.3, -0.25) is 14.9 Å². The summed E-state index contributed by atoms with van der Waals surface area (Å²) in [6.07, 6.45) is 1.21. The first-order valence-electron chi connectivity index (χ1n) is 5.62. The Bertz CT molecular complexity index is 313. The molecule has 3 atom stereocenters. The van der Waals surface area contributed by atoms with Gasteiger partial charge in [-0.2, -0.15) is 0 Å². The van der Waals surface area contributed by atoms with E-state index in [9.17, 15) is 20.0 Å². The summed E-state index contributed by atoms with van der Waals surface area (Å²) in [5, 5.41) is 21.2. The molecule has 0 heterocycles. The second-order valence-electron chi connectivity index (χ2n) is 5.06. The number of hydrogen-bond donors (Lipinski definition) is 1. The van der Waals surface area contributed by atoms with E-state index in [1.165, 1.54) is 6.92 Å². The standard InChI is InChI=1S/C11H19NO4/c1-4-11(12(15)16)6-5-10(3,14)9(7-11)8(2)13/h9,14H,4-7H2,1-3H3/t9-,10+,11+/m1/s1. The van der Waals surface area contributed by atoms with Crippen molar-refractivity contribution in [1.29, 1.82) is 0 Å². The SMILES string of the molecule is CC[C@]1([N+](=O)[O-])CC[C@](C)(O)[C@@H](C(C)=O)C1. The average molecular weight is 229 g/mol. The van der Waals surface area contributed by atoms with Crippen LogP contribution in [0.2, 0.25) is 0 Å². The van der Waals surface area contributed by atoms with Gasteiger partial charge in [0, 0.05) is 24.2 Å². The molecule has 5 heteroatoms. The third-order valence-electron chi connectivity index (χ3n) is 3.97. The zero-order chi connectivity index (χ0) is 12.6. The maximum Gasteiger partial charge on any atom is 0.222 e. The first-order valence-corrected chi connectivity index (χ1v) is 5.62. The minimum Gasteiger partial charge on any atom is -0.389 e. The molecule has 0 bridgehead atoms. The Balaban J connectivity index is 3.00. The maximum atomic E-state index is 11.5. The van der Waals surface area contributed by atoms with Crippen LogP contribution in [0, 0.1) is 16.0 Å². The van der Waals surface area contributed by atoms with E-state index in [0.29, 0.717) is 19.3 Å². The van der Waals surface area contributed by atoms with Crippen molar-refractivity contribution in [2.75, 3.05) is 0 Å². The van der Waals surface area contributed by atoms with Gasteiger partial charge in [-0.05, 0) is 20.3 Å². The molecule has 1 saturated carbocycles. The number of hydrogen-bond acceptors (Lipinski definition) is 4. The van der Waals surface area contributed by atoms with Crippen LogP contribution in [-0.4, -0.2) is 27.0 Å². The number of ketones is 1. The van der Waals surface area contributed by atoms with Crippen LogP contribution < -0.4 is 0 Å². The lowest BCUT2D eigenvalue weighted by molar-refractivity contribution is -0.578. The number of carbonyl (C=O) groups is 1. The molecule has 1 aliphatic rings. The van der Waals surface area contributed by atoms with Gasteiger partial charge >= 0.3 is 0 Å². The smallest absolute Gasteiger partial charge is 0.222 e. The molecule has 1 fully saturated rings. The summed E-state index contributed by atoms with van der Waals surface area (Å²) in [5.74, 6) is -0.782. The van der Waals surface area contributed by atoms with Gasteiger partial charge in [0.1, 0.15) is 5.78 Å². The van der Waals surface area contributed by atoms with Crippen molar-refractivity contribution in [2.45, 2.75) is 57.6 Å². The van der Waals surface area contributed by atoms with E-state index in [1.807, 2.05) is 0 Å². The molecule has 0 aliphatic heterocycles. The van der Waals surface area contributed by atoms with Crippen molar-refractivity contribution >= 4 is 5.78 Å². The molecule has 1 aliphatic carbocycles. The molecule has 0 aromatic rings. The fourth-order valence-electron chi connectivity index (χ4n) is 2.56. The Hall–Kier alpha value is -0.970. The molecule has 0 saturated heterocycles. The molecule has 92 valence electrons. The average Bonchev–Trinajstić information content (AvgIpc) is 2.17.